The molecule has 0 N–H and O–H groups in total. The summed E-state index contributed by atoms with van der Waals surface area (Å²) in [6, 6.07) is 6.70. The number of nitrogens with zero attached hydrogens (tertiary/aromatic N) is 1. The molecule has 0 aromatic heterocycles. The van der Waals surface area contributed by atoms with Crippen LogP contribution in [-0.4, -0.2) is 31.8 Å². The van der Waals surface area contributed by atoms with Gasteiger partial charge in [0.1, 0.15) is 0 Å². The predicted octanol–water partition coefficient (Wildman–Crippen LogP) is 1.91. The fourth-order valence-electron chi connectivity index (χ4n) is 1.59. The van der Waals surface area contributed by atoms with E-state index >= 15 is 0 Å². The Morgan fingerprint density at radius 2 is 2.00 bits per heavy atom. The summed E-state index contributed by atoms with van der Waals surface area (Å²) in [5.74, 6) is 1.73. The second kappa shape index (κ2) is 4.11. The molecule has 1 aliphatic heterocycles. The Labute approximate surface area is 90.6 Å². The number of hydrogen-bond acceptors (Lipinski definition) is 3. The van der Waals surface area contributed by atoms with Crippen molar-refractivity contribution in [2.45, 2.75) is 19.4 Å². The topological polar surface area (TPSA) is 21.7 Å². The van der Waals surface area contributed by atoms with E-state index in [4.69, 9.17) is 9.47 Å². The van der Waals surface area contributed by atoms with E-state index in [-0.39, 0.29) is 0 Å². The van der Waals surface area contributed by atoms with Crippen molar-refractivity contribution in [2.75, 3.05) is 20.9 Å². The first-order valence-electron chi connectivity index (χ1n) is 5.22. The summed E-state index contributed by atoms with van der Waals surface area (Å²) < 4.78 is 10.6. The van der Waals surface area contributed by atoms with Crippen LogP contribution >= 0.6 is 0 Å². The molecule has 1 aromatic carbocycles. The van der Waals surface area contributed by atoms with Crippen LogP contribution in [0.5, 0.6) is 11.5 Å². The van der Waals surface area contributed by atoms with E-state index in [0.717, 1.165) is 17.9 Å². The van der Waals surface area contributed by atoms with Crippen LogP contribution in [0.1, 0.15) is 12.5 Å². The van der Waals surface area contributed by atoms with Crippen LogP contribution in [0, 0.1) is 0 Å². The lowest BCUT2D eigenvalue weighted by Crippen LogP contribution is -2.26. The highest BCUT2D eigenvalue weighted by Gasteiger charge is 2.14. The molecule has 0 saturated carbocycles. The Hall–Kier alpha value is -1.22. The molecule has 1 unspecified atom stereocenters. The Bertz CT molecular complexity index is 349. The minimum absolute atomic E-state index is 0.349. The predicted molar refractivity (Wildman–Crippen MR) is 59.4 cm³/mol. The average Bonchev–Trinajstić information content (AvgIpc) is 2.64. The van der Waals surface area contributed by atoms with E-state index in [2.05, 4.69) is 38.1 Å². The Kier molecular flexibility index (Phi) is 2.82. The molecule has 0 radical (unpaired) electrons. The van der Waals surface area contributed by atoms with Gasteiger partial charge in [-0.15, -0.1) is 0 Å². The molecule has 1 heterocycles. The number of likely N-dealkylation sites (N-methyl/N-ethyl adjacent to an activating group) is 1. The van der Waals surface area contributed by atoms with Crippen LogP contribution in [0.2, 0.25) is 0 Å². The summed E-state index contributed by atoms with van der Waals surface area (Å²) in [5, 5.41) is 0. The fraction of sp³-hybridized carbons (Fsp3) is 0.500. The van der Waals surface area contributed by atoms with Crippen LogP contribution in [0.15, 0.2) is 18.2 Å². The second-order valence-electron chi connectivity index (χ2n) is 4.20. The Balaban J connectivity index is 2.10. The molecule has 0 aliphatic carbocycles. The van der Waals surface area contributed by atoms with Gasteiger partial charge < -0.3 is 14.4 Å². The molecular formula is C12H17NO2. The standard InChI is InChI=1S/C12H17NO2/c1-9(13(2)3)6-10-4-5-11-12(7-10)15-8-14-11/h4-5,7,9H,6,8H2,1-3H3. The molecule has 3 heteroatoms. The lowest BCUT2D eigenvalue weighted by Gasteiger charge is -2.19. The molecule has 1 aromatic rings. The molecule has 82 valence electrons. The first-order chi connectivity index (χ1) is 7.16. The third-order valence-electron chi connectivity index (χ3n) is 2.85. The summed E-state index contributed by atoms with van der Waals surface area (Å²) >= 11 is 0. The largest absolute Gasteiger partial charge is 0.454 e. The van der Waals surface area contributed by atoms with Gasteiger partial charge >= 0.3 is 0 Å². The quantitative estimate of drug-likeness (QED) is 0.755. The van der Waals surface area contributed by atoms with Crippen LogP contribution in [0.25, 0.3) is 0 Å². The SMILES string of the molecule is CC(Cc1ccc2c(c1)OCO2)N(C)C. The number of hydrogen-bond donors (Lipinski definition) is 0. The molecule has 0 fully saturated rings. The van der Waals surface area contributed by atoms with Crippen molar-refractivity contribution in [1.82, 2.24) is 4.90 Å². The molecule has 1 atom stereocenters. The van der Waals surface area contributed by atoms with Crippen LogP contribution in [0.4, 0.5) is 0 Å². The van der Waals surface area contributed by atoms with Gasteiger partial charge in [-0.25, -0.2) is 0 Å². The van der Waals surface area contributed by atoms with Crippen molar-refractivity contribution in [3.8, 4) is 11.5 Å². The van der Waals surface area contributed by atoms with Crippen molar-refractivity contribution >= 4 is 0 Å². The molecule has 15 heavy (non-hydrogen) atoms. The minimum atomic E-state index is 0.349. The zero-order valence-corrected chi connectivity index (χ0v) is 9.49. The van der Waals surface area contributed by atoms with Gasteiger partial charge in [0.15, 0.2) is 11.5 Å². The van der Waals surface area contributed by atoms with Crippen molar-refractivity contribution < 1.29 is 9.47 Å². The number of fused-ring (bicyclic) bond motifs is 1. The summed E-state index contributed by atoms with van der Waals surface area (Å²) in [4.78, 5) is 2.21. The van der Waals surface area contributed by atoms with Gasteiger partial charge in [0, 0.05) is 6.04 Å². The van der Waals surface area contributed by atoms with Gasteiger partial charge in [-0.05, 0) is 45.1 Å². The van der Waals surface area contributed by atoms with E-state index in [9.17, 15) is 0 Å². The summed E-state index contributed by atoms with van der Waals surface area (Å²) in [6.45, 7) is 2.56. The van der Waals surface area contributed by atoms with Gasteiger partial charge in [-0.1, -0.05) is 6.07 Å². The van der Waals surface area contributed by atoms with Crippen molar-refractivity contribution in [1.29, 1.82) is 0 Å². The second-order valence-corrected chi connectivity index (χ2v) is 4.20. The van der Waals surface area contributed by atoms with Gasteiger partial charge in [-0.3, -0.25) is 0 Å². The van der Waals surface area contributed by atoms with E-state index in [0.29, 0.717) is 12.8 Å². The first kappa shape index (κ1) is 10.3. The van der Waals surface area contributed by atoms with Crippen LogP contribution in [-0.2, 0) is 6.42 Å². The monoisotopic (exact) mass is 207 g/mol. The molecule has 1 aliphatic rings. The van der Waals surface area contributed by atoms with E-state index in [1.165, 1.54) is 5.56 Å². The highest BCUT2D eigenvalue weighted by Crippen LogP contribution is 2.32. The highest BCUT2D eigenvalue weighted by atomic mass is 16.7. The normalized spacial score (nSPS) is 15.7. The minimum Gasteiger partial charge on any atom is -0.454 e. The summed E-state index contributed by atoms with van der Waals surface area (Å²) in [7, 11) is 4.19. The Morgan fingerprint density at radius 1 is 1.27 bits per heavy atom. The maximum absolute atomic E-state index is 5.35. The average molecular weight is 207 g/mol. The van der Waals surface area contributed by atoms with Gasteiger partial charge in [0.2, 0.25) is 6.79 Å². The molecular weight excluding hydrogens is 190 g/mol. The van der Waals surface area contributed by atoms with E-state index < -0.39 is 0 Å². The summed E-state index contributed by atoms with van der Waals surface area (Å²) in [6.07, 6.45) is 1.03. The van der Waals surface area contributed by atoms with Gasteiger partial charge in [0.25, 0.3) is 0 Å². The van der Waals surface area contributed by atoms with E-state index in [1.807, 2.05) is 6.07 Å². The maximum Gasteiger partial charge on any atom is 0.231 e. The van der Waals surface area contributed by atoms with Crippen LogP contribution < -0.4 is 9.47 Å². The summed E-state index contributed by atoms with van der Waals surface area (Å²) in [5.41, 5.74) is 1.29. The van der Waals surface area contributed by atoms with Crippen molar-refractivity contribution in [3.63, 3.8) is 0 Å². The molecule has 0 spiro atoms. The molecule has 0 amide bonds. The lowest BCUT2D eigenvalue weighted by atomic mass is 10.1. The van der Waals surface area contributed by atoms with Crippen LogP contribution in [0.3, 0.4) is 0 Å². The van der Waals surface area contributed by atoms with Gasteiger partial charge in [0.05, 0.1) is 0 Å². The molecule has 2 rings (SSSR count). The Morgan fingerprint density at radius 3 is 2.73 bits per heavy atom. The third-order valence-corrected chi connectivity index (χ3v) is 2.85. The number of rotatable bonds is 3. The third kappa shape index (κ3) is 2.23. The maximum atomic E-state index is 5.35. The van der Waals surface area contributed by atoms with Crippen molar-refractivity contribution in [2.24, 2.45) is 0 Å². The number of ether oxygens (including phenoxy) is 2. The zero-order chi connectivity index (χ0) is 10.8. The molecule has 3 nitrogen and oxygen atoms in total. The zero-order valence-electron chi connectivity index (χ0n) is 9.49. The number of benzene rings is 1. The molecule has 0 saturated heterocycles. The fourth-order valence-corrected chi connectivity index (χ4v) is 1.59. The highest BCUT2D eigenvalue weighted by molar-refractivity contribution is 5.44. The molecule has 0 bridgehead atoms. The van der Waals surface area contributed by atoms with Gasteiger partial charge in [-0.2, -0.15) is 0 Å². The smallest absolute Gasteiger partial charge is 0.231 e. The first-order valence-corrected chi connectivity index (χ1v) is 5.22. The lowest BCUT2D eigenvalue weighted by molar-refractivity contribution is 0.174. The van der Waals surface area contributed by atoms with Crippen molar-refractivity contribution in [3.05, 3.63) is 23.8 Å². The van der Waals surface area contributed by atoms with E-state index in [1.54, 1.807) is 0 Å².